The van der Waals surface area contributed by atoms with E-state index >= 15 is 0 Å². The van der Waals surface area contributed by atoms with E-state index in [-0.39, 0.29) is 19.8 Å². The predicted octanol–water partition coefficient (Wildman–Crippen LogP) is 1.49. The molecule has 8 nitrogen and oxygen atoms in total. The van der Waals surface area contributed by atoms with Crippen molar-refractivity contribution in [2.45, 2.75) is 45.6 Å². The van der Waals surface area contributed by atoms with Crippen LogP contribution in [0.15, 0.2) is 0 Å². The highest BCUT2D eigenvalue weighted by Crippen LogP contribution is 1.92. The summed E-state index contributed by atoms with van der Waals surface area (Å²) < 4.78 is 9.60. The normalized spacial score (nSPS) is 11.3. The summed E-state index contributed by atoms with van der Waals surface area (Å²) in [7, 11) is 0. The molecule has 0 aliphatic rings. The first-order valence-electron chi connectivity index (χ1n) is 7.07. The molecule has 0 fully saturated rings. The van der Waals surface area contributed by atoms with E-state index in [9.17, 15) is 14.4 Å². The fraction of sp³-hybridized carbons (Fsp3) is 0.769. The lowest BCUT2D eigenvalue weighted by atomic mass is 10.3. The van der Waals surface area contributed by atoms with Gasteiger partial charge in [-0.25, -0.2) is 14.4 Å². The van der Waals surface area contributed by atoms with Crippen LogP contribution in [0.4, 0.5) is 9.59 Å². The second kappa shape index (κ2) is 11.8. The van der Waals surface area contributed by atoms with Gasteiger partial charge in [-0.15, -0.1) is 0 Å². The molecule has 0 rings (SSSR count). The van der Waals surface area contributed by atoms with Gasteiger partial charge in [0, 0.05) is 0 Å². The molecule has 0 aromatic carbocycles. The number of hydrogen-bond acceptors (Lipinski definition) is 5. The van der Waals surface area contributed by atoms with Crippen molar-refractivity contribution in [3.05, 3.63) is 0 Å². The number of alkyl carbamates (subject to hydrolysis) is 2. The summed E-state index contributed by atoms with van der Waals surface area (Å²) in [6.45, 7) is 4.11. The van der Waals surface area contributed by atoms with Crippen molar-refractivity contribution in [2.24, 2.45) is 0 Å². The summed E-state index contributed by atoms with van der Waals surface area (Å²) >= 11 is 0. The quantitative estimate of drug-likeness (QED) is 0.527. The first-order valence-corrected chi connectivity index (χ1v) is 7.07. The molecule has 3 N–H and O–H groups in total. The molecule has 21 heavy (non-hydrogen) atoms. The highest BCUT2D eigenvalue weighted by molar-refractivity contribution is 5.80. The van der Waals surface area contributed by atoms with Crippen LogP contribution < -0.4 is 10.6 Å². The minimum atomic E-state index is -1.27. The molecule has 0 heterocycles. The van der Waals surface area contributed by atoms with Crippen molar-refractivity contribution in [1.29, 1.82) is 0 Å². The summed E-state index contributed by atoms with van der Waals surface area (Å²) in [6.07, 6.45) is 1.65. The van der Waals surface area contributed by atoms with Gasteiger partial charge < -0.3 is 25.2 Å². The first kappa shape index (κ1) is 19.0. The van der Waals surface area contributed by atoms with E-state index in [1.54, 1.807) is 0 Å². The number of hydrogen-bond donors (Lipinski definition) is 3. The maximum atomic E-state index is 11.3. The van der Waals surface area contributed by atoms with Crippen molar-refractivity contribution in [2.75, 3.05) is 19.8 Å². The van der Waals surface area contributed by atoms with Crippen LogP contribution in [0.25, 0.3) is 0 Å². The third kappa shape index (κ3) is 10.5. The zero-order valence-electron chi connectivity index (χ0n) is 12.5. The van der Waals surface area contributed by atoms with Gasteiger partial charge >= 0.3 is 18.2 Å². The Morgan fingerprint density at radius 1 is 1.00 bits per heavy atom. The Morgan fingerprint density at radius 2 is 1.52 bits per heavy atom. The lowest BCUT2D eigenvalue weighted by Crippen LogP contribution is -2.48. The standard InChI is InChI=1S/C13H24N2O6/c1-3-5-7-20-12(18)14-9-10(11(16)17)15-13(19)21-8-6-4-2/h10H,3-9H2,1-2H3,(H,14,18)(H,15,19)(H,16,17)/t10-/m0/s1. The van der Waals surface area contributed by atoms with Crippen molar-refractivity contribution in [3.8, 4) is 0 Å². The van der Waals surface area contributed by atoms with Crippen LogP contribution >= 0.6 is 0 Å². The number of carboxylic acid groups (broad SMARTS) is 1. The number of amides is 2. The Bertz CT molecular complexity index is 335. The molecule has 0 bridgehead atoms. The molecule has 0 aromatic heterocycles. The van der Waals surface area contributed by atoms with Gasteiger partial charge in [0.1, 0.15) is 6.04 Å². The summed E-state index contributed by atoms with van der Waals surface area (Å²) in [5.41, 5.74) is 0. The average molecular weight is 304 g/mol. The number of ether oxygens (including phenoxy) is 2. The number of carbonyl (C=O) groups is 3. The minimum Gasteiger partial charge on any atom is -0.480 e. The number of carboxylic acids is 1. The van der Waals surface area contributed by atoms with E-state index in [4.69, 9.17) is 14.6 Å². The molecule has 0 unspecified atom stereocenters. The number of nitrogens with one attached hydrogen (secondary N) is 2. The van der Waals surface area contributed by atoms with E-state index in [1.807, 2.05) is 13.8 Å². The molecule has 0 aliphatic carbocycles. The highest BCUT2D eigenvalue weighted by Gasteiger charge is 2.21. The molecule has 0 aromatic rings. The Balaban J connectivity index is 4.04. The topological polar surface area (TPSA) is 114 Å². The summed E-state index contributed by atoms with van der Waals surface area (Å²) in [6, 6.07) is -1.27. The molecule has 0 aliphatic heterocycles. The smallest absolute Gasteiger partial charge is 0.407 e. The fourth-order valence-corrected chi connectivity index (χ4v) is 1.24. The van der Waals surface area contributed by atoms with Gasteiger partial charge in [0.25, 0.3) is 0 Å². The van der Waals surface area contributed by atoms with Crippen LogP contribution in [0.1, 0.15) is 39.5 Å². The lowest BCUT2D eigenvalue weighted by molar-refractivity contribution is -0.139. The van der Waals surface area contributed by atoms with Crippen LogP contribution in [0, 0.1) is 0 Å². The van der Waals surface area contributed by atoms with Gasteiger partial charge in [0.2, 0.25) is 0 Å². The molecule has 0 saturated carbocycles. The number of unbranched alkanes of at least 4 members (excludes halogenated alkanes) is 2. The molecule has 8 heteroatoms. The molecular formula is C13H24N2O6. The number of rotatable bonds is 10. The predicted molar refractivity (Wildman–Crippen MR) is 75.1 cm³/mol. The molecule has 122 valence electrons. The third-order valence-electron chi connectivity index (χ3n) is 2.50. The maximum absolute atomic E-state index is 11.3. The zero-order chi connectivity index (χ0) is 16.1. The summed E-state index contributed by atoms with van der Waals surface area (Å²) in [4.78, 5) is 33.6. The van der Waals surface area contributed by atoms with Crippen LogP contribution in [0.3, 0.4) is 0 Å². The second-order valence-electron chi connectivity index (χ2n) is 4.40. The second-order valence-corrected chi connectivity index (χ2v) is 4.40. The molecule has 0 saturated heterocycles. The van der Waals surface area contributed by atoms with Crippen molar-refractivity contribution in [1.82, 2.24) is 10.6 Å². The zero-order valence-corrected chi connectivity index (χ0v) is 12.5. The van der Waals surface area contributed by atoms with E-state index in [1.165, 1.54) is 0 Å². The van der Waals surface area contributed by atoms with Gasteiger partial charge in [-0.05, 0) is 12.8 Å². The molecule has 0 radical (unpaired) electrons. The molecule has 1 atom stereocenters. The van der Waals surface area contributed by atoms with Crippen LogP contribution in [-0.4, -0.2) is 49.1 Å². The maximum Gasteiger partial charge on any atom is 0.407 e. The summed E-state index contributed by atoms with van der Waals surface area (Å²) in [5.74, 6) is -1.27. The Labute approximate surface area is 124 Å². The average Bonchev–Trinajstić information content (AvgIpc) is 2.43. The first-order chi connectivity index (χ1) is 10.0. The van der Waals surface area contributed by atoms with Crippen LogP contribution in [-0.2, 0) is 14.3 Å². The Hall–Kier alpha value is -1.99. The molecule has 0 spiro atoms. The van der Waals surface area contributed by atoms with Gasteiger partial charge in [-0.2, -0.15) is 0 Å². The van der Waals surface area contributed by atoms with Gasteiger partial charge in [0.05, 0.1) is 19.8 Å². The lowest BCUT2D eigenvalue weighted by Gasteiger charge is -2.15. The summed E-state index contributed by atoms with van der Waals surface area (Å²) in [5, 5.41) is 13.4. The molecule has 2 amide bonds. The fourth-order valence-electron chi connectivity index (χ4n) is 1.24. The van der Waals surface area contributed by atoms with E-state index in [0.717, 1.165) is 19.3 Å². The van der Waals surface area contributed by atoms with E-state index in [0.29, 0.717) is 6.42 Å². The van der Waals surface area contributed by atoms with E-state index < -0.39 is 24.2 Å². The van der Waals surface area contributed by atoms with E-state index in [2.05, 4.69) is 10.6 Å². The highest BCUT2D eigenvalue weighted by atomic mass is 16.6. The van der Waals surface area contributed by atoms with Gasteiger partial charge in [-0.3, -0.25) is 0 Å². The number of aliphatic carboxylic acids is 1. The van der Waals surface area contributed by atoms with Crippen LogP contribution in [0.2, 0.25) is 0 Å². The SMILES string of the molecule is CCCCOC(=O)NC[C@H](NC(=O)OCCCC)C(=O)O. The third-order valence-corrected chi connectivity index (χ3v) is 2.50. The molecular weight excluding hydrogens is 280 g/mol. The van der Waals surface area contributed by atoms with Crippen molar-refractivity contribution >= 4 is 18.2 Å². The minimum absolute atomic E-state index is 0.223. The van der Waals surface area contributed by atoms with Gasteiger partial charge in [0.15, 0.2) is 0 Å². The largest absolute Gasteiger partial charge is 0.480 e. The Morgan fingerprint density at radius 3 is 2.00 bits per heavy atom. The van der Waals surface area contributed by atoms with Gasteiger partial charge in [-0.1, -0.05) is 26.7 Å². The number of carbonyl (C=O) groups excluding carboxylic acids is 2. The van der Waals surface area contributed by atoms with Crippen molar-refractivity contribution in [3.63, 3.8) is 0 Å². The Kier molecular flexibility index (Phi) is 10.7. The van der Waals surface area contributed by atoms with Crippen LogP contribution in [0.5, 0.6) is 0 Å². The monoisotopic (exact) mass is 304 g/mol. The van der Waals surface area contributed by atoms with Crippen molar-refractivity contribution < 1.29 is 29.0 Å².